The van der Waals surface area contributed by atoms with Crippen LogP contribution in [0.4, 0.5) is 0 Å². The van der Waals surface area contributed by atoms with Crippen LogP contribution in [0.3, 0.4) is 0 Å². The van der Waals surface area contributed by atoms with Crippen LogP contribution in [0.5, 0.6) is 0 Å². The monoisotopic (exact) mass is 380 g/mol. The number of halogens is 2. The van der Waals surface area contributed by atoms with E-state index in [1.807, 2.05) is 16.7 Å². The standard InChI is InChI=1S/C14H10Cl2N6OS/c15-10-5-18-21(13(23)11(10)16)6-9-7-24-14-20-19-12(22(9)14)8-2-1-3-17-4-8/h1-5,9H,6-7H2. The van der Waals surface area contributed by atoms with E-state index in [1.165, 1.54) is 10.9 Å². The Morgan fingerprint density at radius 1 is 1.29 bits per heavy atom. The van der Waals surface area contributed by atoms with E-state index in [9.17, 15) is 4.79 Å². The van der Waals surface area contributed by atoms with Crippen molar-refractivity contribution >= 4 is 35.0 Å². The quantitative estimate of drug-likeness (QED) is 0.694. The molecule has 7 nitrogen and oxygen atoms in total. The number of rotatable bonds is 3. The summed E-state index contributed by atoms with van der Waals surface area (Å²) in [6, 6.07) is 3.75. The first-order valence-corrected chi connectivity index (χ1v) is 8.78. The van der Waals surface area contributed by atoms with Crippen LogP contribution in [0.15, 0.2) is 40.7 Å². The smallest absolute Gasteiger partial charge is 0.287 e. The van der Waals surface area contributed by atoms with Crippen molar-refractivity contribution in [3.05, 3.63) is 51.1 Å². The van der Waals surface area contributed by atoms with Gasteiger partial charge >= 0.3 is 0 Å². The molecule has 3 aromatic heterocycles. The number of aromatic nitrogens is 6. The molecule has 0 bridgehead atoms. The van der Waals surface area contributed by atoms with Crippen molar-refractivity contribution in [1.82, 2.24) is 29.5 Å². The summed E-state index contributed by atoms with van der Waals surface area (Å²) in [7, 11) is 0. The van der Waals surface area contributed by atoms with Crippen LogP contribution >= 0.6 is 35.0 Å². The Morgan fingerprint density at radius 3 is 2.96 bits per heavy atom. The Kier molecular flexibility index (Phi) is 4.03. The molecular formula is C14H10Cl2N6OS. The Hall–Kier alpha value is -1.90. The van der Waals surface area contributed by atoms with Crippen molar-refractivity contribution in [3.8, 4) is 11.4 Å². The predicted octanol–water partition coefficient (Wildman–Crippen LogP) is 2.55. The molecule has 0 aromatic carbocycles. The minimum atomic E-state index is -0.404. The van der Waals surface area contributed by atoms with E-state index in [4.69, 9.17) is 23.2 Å². The lowest BCUT2D eigenvalue weighted by Crippen LogP contribution is -2.28. The van der Waals surface area contributed by atoms with Crippen molar-refractivity contribution in [1.29, 1.82) is 0 Å². The van der Waals surface area contributed by atoms with Gasteiger partial charge in [-0.05, 0) is 12.1 Å². The highest BCUT2D eigenvalue weighted by Gasteiger charge is 2.29. The SMILES string of the molecule is O=c1c(Cl)c(Cl)cnn1CC1CSc2nnc(-c3cccnc3)n21. The van der Waals surface area contributed by atoms with Gasteiger partial charge in [-0.15, -0.1) is 10.2 Å². The normalized spacial score (nSPS) is 16.3. The van der Waals surface area contributed by atoms with Crippen molar-refractivity contribution in [2.45, 2.75) is 17.7 Å². The van der Waals surface area contributed by atoms with Crippen molar-refractivity contribution in [3.63, 3.8) is 0 Å². The number of pyridine rings is 1. The molecule has 0 spiro atoms. The van der Waals surface area contributed by atoms with Crippen molar-refractivity contribution in [2.24, 2.45) is 0 Å². The lowest BCUT2D eigenvalue weighted by Gasteiger charge is -2.15. The van der Waals surface area contributed by atoms with Gasteiger partial charge < -0.3 is 0 Å². The molecule has 0 fully saturated rings. The summed E-state index contributed by atoms with van der Waals surface area (Å²) < 4.78 is 3.33. The molecule has 122 valence electrons. The van der Waals surface area contributed by atoms with Gasteiger partial charge in [0.05, 0.1) is 23.8 Å². The highest BCUT2D eigenvalue weighted by molar-refractivity contribution is 7.99. The van der Waals surface area contributed by atoms with Crippen LogP contribution in [0.2, 0.25) is 10.0 Å². The van der Waals surface area contributed by atoms with Gasteiger partial charge in [-0.25, -0.2) is 4.68 Å². The molecule has 1 atom stereocenters. The third kappa shape index (κ3) is 2.60. The van der Waals surface area contributed by atoms with Gasteiger partial charge in [0.15, 0.2) is 11.0 Å². The molecule has 0 radical (unpaired) electrons. The molecule has 10 heteroatoms. The van der Waals surface area contributed by atoms with E-state index < -0.39 is 5.56 Å². The number of hydrogen-bond donors (Lipinski definition) is 0. The fraction of sp³-hybridized carbons (Fsp3) is 0.214. The first kappa shape index (κ1) is 15.6. The highest BCUT2D eigenvalue weighted by Crippen LogP contribution is 2.36. The summed E-state index contributed by atoms with van der Waals surface area (Å²) in [6.45, 7) is 0.362. The van der Waals surface area contributed by atoms with Crippen LogP contribution < -0.4 is 5.56 Å². The average Bonchev–Trinajstić information content (AvgIpc) is 3.19. The summed E-state index contributed by atoms with van der Waals surface area (Å²) in [5.74, 6) is 1.49. The topological polar surface area (TPSA) is 78.5 Å². The van der Waals surface area contributed by atoms with Crippen LogP contribution in [-0.4, -0.2) is 35.3 Å². The largest absolute Gasteiger partial charge is 0.296 e. The Labute approximate surface area is 150 Å². The zero-order chi connectivity index (χ0) is 16.7. The molecule has 0 amide bonds. The molecule has 0 aliphatic carbocycles. The second kappa shape index (κ2) is 6.19. The molecule has 1 unspecified atom stereocenters. The van der Waals surface area contributed by atoms with E-state index in [2.05, 4.69) is 20.3 Å². The minimum Gasteiger partial charge on any atom is -0.296 e. The average molecular weight is 381 g/mol. The van der Waals surface area contributed by atoms with E-state index in [1.54, 1.807) is 24.2 Å². The van der Waals surface area contributed by atoms with Gasteiger partial charge in [-0.1, -0.05) is 35.0 Å². The Balaban J connectivity index is 1.71. The number of hydrogen-bond acceptors (Lipinski definition) is 6. The van der Waals surface area contributed by atoms with Gasteiger partial charge in [0.25, 0.3) is 5.56 Å². The van der Waals surface area contributed by atoms with E-state index in [0.29, 0.717) is 6.54 Å². The molecule has 0 saturated carbocycles. The third-order valence-corrected chi connectivity index (χ3v) is 5.52. The third-order valence-electron chi connectivity index (χ3n) is 3.68. The highest BCUT2D eigenvalue weighted by atomic mass is 35.5. The van der Waals surface area contributed by atoms with Crippen LogP contribution in [-0.2, 0) is 6.54 Å². The molecule has 24 heavy (non-hydrogen) atoms. The van der Waals surface area contributed by atoms with E-state index in [-0.39, 0.29) is 16.1 Å². The fourth-order valence-electron chi connectivity index (χ4n) is 2.55. The van der Waals surface area contributed by atoms with Crippen molar-refractivity contribution in [2.75, 3.05) is 5.75 Å². The minimum absolute atomic E-state index is 0.0161. The molecule has 1 aliphatic rings. The lowest BCUT2D eigenvalue weighted by atomic mass is 10.2. The van der Waals surface area contributed by atoms with Crippen LogP contribution in [0.25, 0.3) is 11.4 Å². The Bertz CT molecular complexity index is 958. The second-order valence-electron chi connectivity index (χ2n) is 5.18. The number of nitrogens with zero attached hydrogens (tertiary/aromatic N) is 6. The molecule has 0 N–H and O–H groups in total. The summed E-state index contributed by atoms with van der Waals surface area (Å²) in [6.07, 6.45) is 4.82. The summed E-state index contributed by atoms with van der Waals surface area (Å²) in [4.78, 5) is 16.3. The first-order valence-electron chi connectivity index (χ1n) is 7.04. The molecule has 4 rings (SSSR count). The molecular weight excluding hydrogens is 371 g/mol. The van der Waals surface area contributed by atoms with Gasteiger partial charge in [0.1, 0.15) is 5.02 Å². The summed E-state index contributed by atoms with van der Waals surface area (Å²) >= 11 is 13.3. The molecule has 3 aromatic rings. The zero-order valence-electron chi connectivity index (χ0n) is 12.1. The molecule has 4 heterocycles. The maximum absolute atomic E-state index is 12.2. The maximum Gasteiger partial charge on any atom is 0.287 e. The molecule has 1 aliphatic heterocycles. The van der Waals surface area contributed by atoms with Gasteiger partial charge in [0.2, 0.25) is 0 Å². The van der Waals surface area contributed by atoms with E-state index in [0.717, 1.165) is 22.3 Å². The first-order chi connectivity index (χ1) is 11.6. The van der Waals surface area contributed by atoms with Crippen LogP contribution in [0.1, 0.15) is 6.04 Å². The van der Waals surface area contributed by atoms with Crippen LogP contribution in [0, 0.1) is 0 Å². The van der Waals surface area contributed by atoms with Gasteiger partial charge in [-0.3, -0.25) is 14.3 Å². The zero-order valence-corrected chi connectivity index (χ0v) is 14.5. The number of fused-ring (bicyclic) bond motifs is 1. The summed E-state index contributed by atoms with van der Waals surface area (Å²) in [5, 5.41) is 13.5. The van der Waals surface area contributed by atoms with Gasteiger partial charge in [-0.2, -0.15) is 5.10 Å². The second-order valence-corrected chi connectivity index (χ2v) is 6.95. The predicted molar refractivity (Wildman–Crippen MR) is 91.5 cm³/mol. The van der Waals surface area contributed by atoms with Gasteiger partial charge in [0, 0.05) is 23.7 Å². The Morgan fingerprint density at radius 2 is 2.17 bits per heavy atom. The number of thioether (sulfide) groups is 1. The summed E-state index contributed by atoms with van der Waals surface area (Å²) in [5.41, 5.74) is 0.469. The lowest BCUT2D eigenvalue weighted by molar-refractivity contribution is 0.424. The molecule has 0 saturated heterocycles. The van der Waals surface area contributed by atoms with E-state index >= 15 is 0 Å². The van der Waals surface area contributed by atoms with Crippen molar-refractivity contribution < 1.29 is 0 Å². The fourth-order valence-corrected chi connectivity index (χ4v) is 3.89. The maximum atomic E-state index is 12.2.